The van der Waals surface area contributed by atoms with Gasteiger partial charge in [-0.05, 0) is 55.5 Å². The lowest BCUT2D eigenvalue weighted by Gasteiger charge is -2.32. The molecule has 0 radical (unpaired) electrons. The Balaban J connectivity index is 1.56. The Morgan fingerprint density at radius 2 is 1.94 bits per heavy atom. The molecule has 2 amide bonds. The molecule has 2 aromatic rings. The number of benzene rings is 1. The van der Waals surface area contributed by atoms with Crippen LogP contribution in [0.4, 0.5) is 0 Å². The van der Waals surface area contributed by atoms with Gasteiger partial charge >= 0.3 is 5.97 Å². The minimum absolute atomic E-state index is 0.0226. The fourth-order valence-corrected chi connectivity index (χ4v) is 3.75. The second kappa shape index (κ2) is 11.7. The van der Waals surface area contributed by atoms with E-state index in [1.54, 1.807) is 17.3 Å². The molecule has 1 aliphatic heterocycles. The number of amides is 2. The number of carbonyl (C=O) groups excluding carboxylic acids is 2. The molecule has 1 aliphatic rings. The molecule has 1 aromatic carbocycles. The number of carboxylic acid groups (broad SMARTS) is 1. The highest BCUT2D eigenvalue weighted by Crippen LogP contribution is 2.22. The molecule has 1 aromatic heterocycles. The summed E-state index contributed by atoms with van der Waals surface area (Å²) in [6.07, 6.45) is 6.33. The molecule has 32 heavy (non-hydrogen) atoms. The summed E-state index contributed by atoms with van der Waals surface area (Å²) in [6.45, 7) is 0.436. The summed E-state index contributed by atoms with van der Waals surface area (Å²) in [5.74, 6) is 4.13. The lowest BCUT2D eigenvalue weighted by molar-refractivity contribution is -0.142. The Morgan fingerprint density at radius 3 is 2.66 bits per heavy atom. The highest BCUT2D eigenvalue weighted by molar-refractivity contribution is 5.87. The maximum Gasteiger partial charge on any atom is 0.306 e. The van der Waals surface area contributed by atoms with Crippen molar-refractivity contribution in [1.82, 2.24) is 15.2 Å². The molecule has 0 unspecified atom stereocenters. The van der Waals surface area contributed by atoms with Crippen LogP contribution in [-0.2, 0) is 20.8 Å². The molecule has 0 aliphatic carbocycles. The average molecular weight is 434 g/mol. The van der Waals surface area contributed by atoms with E-state index < -0.39 is 17.9 Å². The molecule has 2 N–H and O–H groups in total. The van der Waals surface area contributed by atoms with E-state index in [-0.39, 0.29) is 24.8 Å². The Bertz CT molecular complexity index is 982. The van der Waals surface area contributed by atoms with E-state index in [1.807, 2.05) is 42.5 Å². The number of rotatable bonds is 8. The van der Waals surface area contributed by atoms with E-state index in [4.69, 9.17) is 5.11 Å². The Kier molecular flexibility index (Phi) is 8.38. The van der Waals surface area contributed by atoms with E-state index >= 15 is 0 Å². The molecule has 0 bridgehead atoms. The number of aryl methyl sites for hydroxylation is 1. The highest BCUT2D eigenvalue weighted by atomic mass is 16.4. The monoisotopic (exact) mass is 433 g/mol. The summed E-state index contributed by atoms with van der Waals surface area (Å²) in [5, 5.41) is 11.8. The van der Waals surface area contributed by atoms with Crippen LogP contribution in [0, 0.1) is 17.8 Å². The topological polar surface area (TPSA) is 99.6 Å². The van der Waals surface area contributed by atoms with Gasteiger partial charge in [0, 0.05) is 30.4 Å². The van der Waals surface area contributed by atoms with Crippen molar-refractivity contribution in [3.63, 3.8) is 0 Å². The zero-order chi connectivity index (χ0) is 22.8. The summed E-state index contributed by atoms with van der Waals surface area (Å²) in [7, 11) is 0. The normalized spacial score (nSPS) is 16.6. The van der Waals surface area contributed by atoms with Gasteiger partial charge in [-0.2, -0.15) is 0 Å². The minimum atomic E-state index is -1.05. The predicted molar refractivity (Wildman–Crippen MR) is 119 cm³/mol. The number of hydrogen-bond donors (Lipinski definition) is 2. The number of aliphatic carboxylic acids is 1. The first-order valence-corrected chi connectivity index (χ1v) is 10.8. The molecule has 1 fully saturated rings. The smallest absolute Gasteiger partial charge is 0.306 e. The van der Waals surface area contributed by atoms with E-state index in [2.05, 4.69) is 22.1 Å². The highest BCUT2D eigenvalue weighted by Gasteiger charge is 2.30. The molecular formula is C25H27N3O4. The first kappa shape index (κ1) is 23.0. The minimum Gasteiger partial charge on any atom is -0.481 e. The van der Waals surface area contributed by atoms with Gasteiger partial charge in [0.1, 0.15) is 6.04 Å². The molecule has 1 saturated heterocycles. The van der Waals surface area contributed by atoms with Gasteiger partial charge in [-0.1, -0.05) is 30.0 Å². The van der Waals surface area contributed by atoms with Crippen LogP contribution < -0.4 is 5.32 Å². The predicted octanol–water partition coefficient (Wildman–Crippen LogP) is 2.26. The van der Waals surface area contributed by atoms with E-state index in [9.17, 15) is 14.4 Å². The van der Waals surface area contributed by atoms with Gasteiger partial charge in [-0.25, -0.2) is 0 Å². The zero-order valence-corrected chi connectivity index (χ0v) is 17.9. The third-order valence-electron chi connectivity index (χ3n) is 5.39. The van der Waals surface area contributed by atoms with Crippen molar-refractivity contribution < 1.29 is 19.5 Å². The number of likely N-dealkylation sites (tertiary alicyclic amines) is 1. The van der Waals surface area contributed by atoms with E-state index in [0.717, 1.165) is 36.8 Å². The lowest BCUT2D eigenvalue weighted by Crippen LogP contribution is -2.48. The van der Waals surface area contributed by atoms with Crippen LogP contribution in [0.5, 0.6) is 0 Å². The second-order valence-corrected chi connectivity index (χ2v) is 7.85. The number of carbonyl (C=O) groups is 3. The van der Waals surface area contributed by atoms with Crippen LogP contribution in [0.3, 0.4) is 0 Å². The largest absolute Gasteiger partial charge is 0.481 e. The summed E-state index contributed by atoms with van der Waals surface area (Å²) in [4.78, 5) is 42.2. The van der Waals surface area contributed by atoms with Crippen molar-refractivity contribution in [3.05, 3.63) is 66.0 Å². The summed E-state index contributed by atoms with van der Waals surface area (Å²) >= 11 is 0. The van der Waals surface area contributed by atoms with Gasteiger partial charge in [0.2, 0.25) is 11.8 Å². The van der Waals surface area contributed by atoms with Crippen LogP contribution in [0.1, 0.15) is 36.8 Å². The molecular weight excluding hydrogens is 406 g/mol. The fraction of sp³-hybridized carbons (Fsp3) is 0.360. The Morgan fingerprint density at radius 1 is 1.19 bits per heavy atom. The molecule has 0 saturated carbocycles. The number of pyridine rings is 1. The first-order valence-electron chi connectivity index (χ1n) is 10.8. The van der Waals surface area contributed by atoms with Crippen molar-refractivity contribution in [3.8, 4) is 11.8 Å². The third kappa shape index (κ3) is 7.24. The van der Waals surface area contributed by atoms with E-state index in [0.29, 0.717) is 6.54 Å². The molecule has 2 heterocycles. The molecule has 7 nitrogen and oxygen atoms in total. The first-order chi connectivity index (χ1) is 15.5. The second-order valence-electron chi connectivity index (χ2n) is 7.85. The summed E-state index contributed by atoms with van der Waals surface area (Å²) in [6, 6.07) is 12.2. The number of nitrogens with zero attached hydrogens (tertiary/aromatic N) is 2. The van der Waals surface area contributed by atoms with Gasteiger partial charge < -0.3 is 15.3 Å². The van der Waals surface area contributed by atoms with Gasteiger partial charge in [-0.3, -0.25) is 19.4 Å². The molecule has 0 spiro atoms. The van der Waals surface area contributed by atoms with Crippen LogP contribution in [-0.4, -0.2) is 51.9 Å². The quantitative estimate of drug-likeness (QED) is 0.622. The average Bonchev–Trinajstić information content (AvgIpc) is 2.79. The number of carboxylic acids is 1. The van der Waals surface area contributed by atoms with Gasteiger partial charge in [-0.15, -0.1) is 0 Å². The fourth-order valence-electron chi connectivity index (χ4n) is 3.75. The van der Waals surface area contributed by atoms with Crippen molar-refractivity contribution in [2.24, 2.45) is 5.92 Å². The van der Waals surface area contributed by atoms with Crippen LogP contribution >= 0.6 is 0 Å². The molecule has 7 heteroatoms. The zero-order valence-electron chi connectivity index (χ0n) is 17.9. The maximum atomic E-state index is 12.9. The SMILES string of the molecule is O=C(O)C[C@H](C#Cc1ccccc1)NC(=O)CN1CCC[C@@H](CCc2ccncc2)C1=O. The van der Waals surface area contributed by atoms with Crippen LogP contribution in [0.2, 0.25) is 0 Å². The summed E-state index contributed by atoms with van der Waals surface area (Å²) in [5.41, 5.74) is 1.87. The van der Waals surface area contributed by atoms with Crippen LogP contribution in [0.15, 0.2) is 54.9 Å². The lowest BCUT2D eigenvalue weighted by atomic mass is 9.91. The number of nitrogens with one attached hydrogen (secondary N) is 1. The van der Waals surface area contributed by atoms with Crippen molar-refractivity contribution in [1.29, 1.82) is 0 Å². The van der Waals surface area contributed by atoms with Crippen molar-refractivity contribution in [2.45, 2.75) is 38.1 Å². The Hall–Kier alpha value is -3.66. The van der Waals surface area contributed by atoms with Gasteiger partial charge in [0.25, 0.3) is 0 Å². The standard InChI is InChI=1S/C25H27N3O4/c29-23(27-22(17-24(30)31)11-9-19-5-2-1-3-6-19)18-28-16-4-7-21(25(28)32)10-8-20-12-14-26-15-13-20/h1-3,5-6,12-15,21-22H,4,7-8,10,16-18H2,(H,27,29)(H,30,31)/t21-,22-/m0/s1. The van der Waals surface area contributed by atoms with Crippen molar-refractivity contribution >= 4 is 17.8 Å². The summed E-state index contributed by atoms with van der Waals surface area (Å²) < 4.78 is 0. The number of hydrogen-bond acceptors (Lipinski definition) is 4. The van der Waals surface area contributed by atoms with Crippen molar-refractivity contribution in [2.75, 3.05) is 13.1 Å². The number of piperidine rings is 1. The molecule has 2 atom stereocenters. The Labute approximate surface area is 187 Å². The number of aromatic nitrogens is 1. The third-order valence-corrected chi connectivity index (χ3v) is 5.39. The van der Waals surface area contributed by atoms with Crippen LogP contribution in [0.25, 0.3) is 0 Å². The molecule has 166 valence electrons. The maximum absolute atomic E-state index is 12.9. The van der Waals surface area contributed by atoms with E-state index in [1.165, 1.54) is 0 Å². The van der Waals surface area contributed by atoms with Gasteiger partial charge in [0.15, 0.2) is 0 Å². The van der Waals surface area contributed by atoms with Gasteiger partial charge in [0.05, 0.1) is 13.0 Å². The molecule has 3 rings (SSSR count).